The number of hydrogen-bond donors (Lipinski definition) is 1. The summed E-state index contributed by atoms with van der Waals surface area (Å²) in [4.78, 5) is 10.0. The van der Waals surface area contributed by atoms with E-state index in [0.717, 1.165) is 12.0 Å². The normalized spacial score (nSPS) is 12.2. The van der Waals surface area contributed by atoms with Gasteiger partial charge < -0.3 is 14.1 Å². The lowest BCUT2D eigenvalue weighted by Gasteiger charge is -2.13. The molecular weight excluding hydrogens is 273 g/mol. The third-order valence-corrected chi connectivity index (χ3v) is 2.86. The van der Waals surface area contributed by atoms with Crippen molar-refractivity contribution in [3.63, 3.8) is 0 Å². The molecule has 0 amide bonds. The molecule has 20 heavy (non-hydrogen) atoms. The monoisotopic (exact) mass is 305 g/mol. The molecule has 120 valence electrons. The molecule has 0 heterocycles. The van der Waals surface area contributed by atoms with Crippen LogP contribution in [0.3, 0.4) is 0 Å². The quantitative estimate of drug-likeness (QED) is 0.330. The Hall–Kier alpha value is -0.700. The Labute approximate surface area is 126 Å². The molecule has 0 aliphatic carbocycles. The smallest absolute Gasteiger partial charge is 0.157 e. The molecule has 0 aliphatic rings. The molecule has 5 heteroatoms. The minimum absolute atomic E-state index is 0.346. The summed E-state index contributed by atoms with van der Waals surface area (Å²) in [6.07, 6.45) is 6.95. The lowest BCUT2D eigenvalue weighted by Crippen LogP contribution is -2.10. The molecule has 4 nitrogen and oxygen atoms in total. The van der Waals surface area contributed by atoms with E-state index in [9.17, 15) is 4.79 Å². The largest absolute Gasteiger partial charge is 0.463 e. The van der Waals surface area contributed by atoms with Crippen molar-refractivity contribution in [1.29, 1.82) is 0 Å². The molecule has 0 saturated heterocycles. The van der Waals surface area contributed by atoms with Crippen LogP contribution in [0.1, 0.15) is 41.5 Å². The summed E-state index contributed by atoms with van der Waals surface area (Å²) >= 11 is 0. The number of nitrogens with one attached hydrogen (secondary N) is 1. The highest BCUT2D eigenvalue weighted by atomic mass is 31.2. The van der Waals surface area contributed by atoms with Crippen LogP contribution >= 0.6 is 8.30 Å². The van der Waals surface area contributed by atoms with Gasteiger partial charge in [0.15, 0.2) is 8.30 Å². The summed E-state index contributed by atoms with van der Waals surface area (Å²) in [6.45, 7) is 14.1. The Bertz CT molecular complexity index is 254. The molecule has 0 spiro atoms. The number of methoxy groups -OCH3 is 1. The van der Waals surface area contributed by atoms with E-state index >= 15 is 0 Å². The summed E-state index contributed by atoms with van der Waals surface area (Å²) in [5.74, 6) is 0.852. The molecule has 0 rings (SSSR count). The van der Waals surface area contributed by atoms with Gasteiger partial charge in [-0.2, -0.15) is 0 Å². The maximum absolute atomic E-state index is 10.0. The van der Waals surface area contributed by atoms with Gasteiger partial charge in [-0.15, -0.1) is 0 Å². The zero-order valence-electron chi connectivity index (χ0n) is 14.3. The predicted molar refractivity (Wildman–Crippen MR) is 90.1 cm³/mol. The van der Waals surface area contributed by atoms with Gasteiger partial charge in [0, 0.05) is 13.8 Å². The minimum atomic E-state index is -0.726. The Balaban J connectivity index is -0.000000346. The number of allylic oxidation sites excluding steroid dienone is 4. The summed E-state index contributed by atoms with van der Waals surface area (Å²) in [7, 11) is 0.973. The number of ether oxygens (including phenoxy) is 1. The van der Waals surface area contributed by atoms with Crippen LogP contribution in [0.2, 0.25) is 0 Å². The second-order valence-electron chi connectivity index (χ2n) is 3.71. The lowest BCUT2D eigenvalue weighted by molar-refractivity contribution is -0.106. The van der Waals surface area contributed by atoms with Crippen LogP contribution in [0.4, 0.5) is 0 Å². The third kappa shape index (κ3) is 26.0. The molecular formula is C15H32NO3P. The van der Waals surface area contributed by atoms with Gasteiger partial charge in [0.25, 0.3) is 0 Å². The van der Waals surface area contributed by atoms with Crippen LogP contribution < -0.4 is 5.09 Å². The van der Waals surface area contributed by atoms with Crippen molar-refractivity contribution in [3.8, 4) is 0 Å². The molecule has 0 aromatic carbocycles. The van der Waals surface area contributed by atoms with E-state index in [1.54, 1.807) is 7.11 Å². The molecule has 0 aromatic heterocycles. The first-order valence-corrected chi connectivity index (χ1v) is 8.59. The number of aldehydes is 1. The van der Waals surface area contributed by atoms with Crippen LogP contribution in [0.25, 0.3) is 0 Å². The van der Waals surface area contributed by atoms with Gasteiger partial charge in [-0.05, 0) is 33.8 Å². The lowest BCUT2D eigenvalue weighted by atomic mass is 10.4. The van der Waals surface area contributed by atoms with Gasteiger partial charge in [-0.3, -0.25) is 5.09 Å². The highest BCUT2D eigenvalue weighted by molar-refractivity contribution is 7.49. The van der Waals surface area contributed by atoms with E-state index in [1.165, 1.54) is 0 Å². The average Bonchev–Trinajstić information content (AvgIpc) is 2.45. The van der Waals surface area contributed by atoms with Gasteiger partial charge in [0.05, 0.1) is 18.4 Å². The predicted octanol–water partition coefficient (Wildman–Crippen LogP) is 4.28. The molecule has 1 unspecified atom stereocenters. The van der Waals surface area contributed by atoms with Crippen molar-refractivity contribution in [1.82, 2.24) is 5.09 Å². The van der Waals surface area contributed by atoms with Crippen LogP contribution in [-0.4, -0.2) is 32.7 Å². The van der Waals surface area contributed by atoms with Crippen LogP contribution in [0, 0.1) is 0 Å². The highest BCUT2D eigenvalue weighted by Gasteiger charge is 2.00. The second-order valence-corrected chi connectivity index (χ2v) is 5.20. The van der Waals surface area contributed by atoms with Crippen LogP contribution in [0.5, 0.6) is 0 Å². The zero-order chi connectivity index (χ0) is 16.4. The standard InChI is InChI=1S/C9H16NO2P.C4H10O.C2H6/c1-4-5-6-9(2)12-13(3)10-7-8-11;1-4(2)5-3;1-2/h4-6,8,10H,7H2,1-3H3;4H,1-3H3;1-2H3/b5-4-,9-6+;;. The van der Waals surface area contributed by atoms with Gasteiger partial charge in [0.2, 0.25) is 0 Å². The van der Waals surface area contributed by atoms with E-state index in [2.05, 4.69) is 5.09 Å². The van der Waals surface area contributed by atoms with Crippen LogP contribution in [-0.2, 0) is 14.1 Å². The molecule has 0 fully saturated rings. The first-order chi connectivity index (χ1) is 9.47. The molecule has 1 N–H and O–H groups in total. The van der Waals surface area contributed by atoms with E-state index in [0.29, 0.717) is 12.6 Å². The van der Waals surface area contributed by atoms with Crippen molar-refractivity contribution in [2.24, 2.45) is 0 Å². The zero-order valence-corrected chi connectivity index (χ0v) is 15.2. The number of carbonyl (C=O) groups excluding carboxylic acids is 1. The number of carbonyl (C=O) groups is 1. The van der Waals surface area contributed by atoms with Gasteiger partial charge in [-0.25, -0.2) is 0 Å². The molecule has 0 radical (unpaired) electrons. The van der Waals surface area contributed by atoms with Crippen molar-refractivity contribution in [3.05, 3.63) is 24.0 Å². The van der Waals surface area contributed by atoms with Crippen LogP contribution in [0.15, 0.2) is 24.0 Å². The van der Waals surface area contributed by atoms with Crippen molar-refractivity contribution < 1.29 is 14.1 Å². The van der Waals surface area contributed by atoms with E-state index in [1.807, 2.05) is 66.4 Å². The summed E-state index contributed by atoms with van der Waals surface area (Å²) in [5.41, 5.74) is 0. The van der Waals surface area contributed by atoms with E-state index in [-0.39, 0.29) is 0 Å². The Morgan fingerprint density at radius 3 is 2.20 bits per heavy atom. The van der Waals surface area contributed by atoms with Crippen molar-refractivity contribution in [2.75, 3.05) is 20.3 Å². The van der Waals surface area contributed by atoms with Gasteiger partial charge in [-0.1, -0.05) is 26.0 Å². The maximum atomic E-state index is 10.0. The SMILES string of the molecule is C/C=C\C=C(/C)OP(C)NCC=O.CC.COC(C)C. The third-order valence-electron chi connectivity index (χ3n) is 1.67. The maximum Gasteiger partial charge on any atom is 0.157 e. The summed E-state index contributed by atoms with van der Waals surface area (Å²) < 4.78 is 10.2. The summed E-state index contributed by atoms with van der Waals surface area (Å²) in [6, 6.07) is 0. The summed E-state index contributed by atoms with van der Waals surface area (Å²) in [5, 5.41) is 2.95. The average molecular weight is 305 g/mol. The second kappa shape index (κ2) is 20.6. The Morgan fingerprint density at radius 2 is 1.85 bits per heavy atom. The first kappa shape index (κ1) is 24.3. The van der Waals surface area contributed by atoms with Crippen molar-refractivity contribution >= 4 is 14.6 Å². The molecule has 0 aromatic rings. The van der Waals surface area contributed by atoms with Crippen molar-refractivity contribution in [2.45, 2.75) is 47.6 Å². The number of hydrogen-bond acceptors (Lipinski definition) is 4. The Morgan fingerprint density at radius 1 is 1.35 bits per heavy atom. The Kier molecular flexibility index (Phi) is 25.1. The van der Waals surface area contributed by atoms with Gasteiger partial charge in [0.1, 0.15) is 6.29 Å². The molecule has 0 aliphatic heterocycles. The van der Waals surface area contributed by atoms with E-state index < -0.39 is 8.30 Å². The number of rotatable bonds is 7. The minimum Gasteiger partial charge on any atom is -0.463 e. The van der Waals surface area contributed by atoms with E-state index in [4.69, 9.17) is 9.26 Å². The first-order valence-electron chi connectivity index (χ1n) is 6.89. The topological polar surface area (TPSA) is 47.6 Å². The van der Waals surface area contributed by atoms with Gasteiger partial charge >= 0.3 is 0 Å². The molecule has 0 bridgehead atoms. The fourth-order valence-corrected chi connectivity index (χ4v) is 1.57. The fraction of sp³-hybridized carbons (Fsp3) is 0.667. The highest BCUT2D eigenvalue weighted by Crippen LogP contribution is 2.29. The molecule has 0 saturated carbocycles. The fourth-order valence-electron chi connectivity index (χ4n) is 0.676. The molecule has 1 atom stereocenters.